The molecule has 2 aliphatic rings. The second kappa shape index (κ2) is 11.0. The Morgan fingerprint density at radius 1 is 1.10 bits per heavy atom. The van der Waals surface area contributed by atoms with E-state index < -0.39 is 74.6 Å². The molecule has 0 bridgehead atoms. The average Bonchev–Trinajstić information content (AvgIpc) is 2.90. The van der Waals surface area contributed by atoms with Gasteiger partial charge < -0.3 is 14.2 Å². The quantitative estimate of drug-likeness (QED) is 0.215. The van der Waals surface area contributed by atoms with Crippen molar-refractivity contribution < 1.29 is 44.9 Å². The maximum atomic E-state index is 13.5. The lowest BCUT2D eigenvalue weighted by Crippen LogP contribution is -2.70. The van der Waals surface area contributed by atoms with E-state index in [4.69, 9.17) is 10.00 Å². The number of nitrogens with one attached hydrogen (secondary N) is 1. The van der Waals surface area contributed by atoms with Crippen molar-refractivity contribution in [3.63, 3.8) is 0 Å². The van der Waals surface area contributed by atoms with Crippen LogP contribution in [0.25, 0.3) is 0 Å². The number of alkyl halides is 3. The smallest absolute Gasteiger partial charge is 0.448 e. The molecule has 0 saturated carbocycles. The monoisotopic (exact) mass is 581 g/mol. The Balaban J connectivity index is 1.72. The molecule has 1 fully saturated rings. The van der Waals surface area contributed by atoms with E-state index in [2.05, 4.69) is 9.50 Å². The second-order valence-electron chi connectivity index (χ2n) is 8.15. The molecule has 204 valence electrons. The van der Waals surface area contributed by atoms with Gasteiger partial charge in [-0.2, -0.15) is 26.9 Å². The number of esters is 1. The van der Waals surface area contributed by atoms with E-state index in [1.807, 2.05) is 0 Å². The third-order valence-electron chi connectivity index (χ3n) is 5.61. The molecular formula is C24H18F3N3O7S2. The van der Waals surface area contributed by atoms with Gasteiger partial charge in [0.05, 0.1) is 11.8 Å². The minimum atomic E-state index is -6.19. The maximum Gasteiger partial charge on any atom is 0.534 e. The van der Waals surface area contributed by atoms with E-state index in [0.717, 1.165) is 16.7 Å². The number of β-lactam (4-membered cyclic amide) rings is 1. The molecule has 0 radical (unpaired) electrons. The summed E-state index contributed by atoms with van der Waals surface area (Å²) in [6, 6.07) is 17.1. The molecule has 1 N–H and O–H groups in total. The molecule has 2 aliphatic heterocycles. The van der Waals surface area contributed by atoms with Crippen molar-refractivity contribution in [3.05, 3.63) is 83.2 Å². The van der Waals surface area contributed by atoms with Crippen molar-refractivity contribution in [3.8, 4) is 6.07 Å². The first-order chi connectivity index (χ1) is 18.4. The fourth-order valence-electron chi connectivity index (χ4n) is 3.87. The Kier molecular flexibility index (Phi) is 7.89. The molecule has 1 saturated heterocycles. The highest BCUT2D eigenvalue weighted by molar-refractivity contribution is 8.00. The van der Waals surface area contributed by atoms with Crippen molar-refractivity contribution in [2.45, 2.75) is 29.4 Å². The van der Waals surface area contributed by atoms with Crippen molar-refractivity contribution in [2.24, 2.45) is 0 Å². The number of rotatable bonds is 8. The fourth-order valence-corrected chi connectivity index (χ4v) is 5.69. The Bertz CT molecular complexity index is 1420. The summed E-state index contributed by atoms with van der Waals surface area (Å²) in [5.74, 6) is -4.54. The van der Waals surface area contributed by atoms with Gasteiger partial charge in [0.2, 0.25) is 5.91 Å². The highest BCUT2D eigenvalue weighted by Crippen LogP contribution is 2.43. The van der Waals surface area contributed by atoms with Crippen LogP contribution in [0, 0.1) is 11.3 Å². The molecule has 2 heterocycles. The molecule has 2 amide bonds. The van der Waals surface area contributed by atoms with Crippen LogP contribution in [0.3, 0.4) is 0 Å². The summed E-state index contributed by atoms with van der Waals surface area (Å²) in [4.78, 5) is 39.0. The maximum absolute atomic E-state index is 13.5. The molecule has 10 nitrogen and oxygen atoms in total. The number of benzene rings is 2. The van der Waals surface area contributed by atoms with E-state index in [1.54, 1.807) is 66.7 Å². The number of carbonyl (C=O) groups is 3. The zero-order valence-electron chi connectivity index (χ0n) is 19.6. The zero-order chi connectivity index (χ0) is 28.4. The van der Waals surface area contributed by atoms with Crippen LogP contribution in [0.2, 0.25) is 0 Å². The number of ether oxygens (including phenoxy) is 1. The van der Waals surface area contributed by atoms with Gasteiger partial charge in [-0.15, -0.1) is 11.8 Å². The molecule has 2 aromatic rings. The number of nitriles is 1. The SMILES string of the molecule is N#CCC(=O)NC1C(=O)N2C(C(=O)OC(c3ccccc3)c3ccccc3)=C(OS(=O)(=O)C(F)(F)F)CS[C@H]12. The van der Waals surface area contributed by atoms with Gasteiger partial charge in [0.1, 0.15) is 17.8 Å². The first-order valence-corrected chi connectivity index (χ1v) is 13.6. The van der Waals surface area contributed by atoms with Crippen molar-refractivity contribution in [1.29, 1.82) is 5.26 Å². The molecule has 4 rings (SSSR count). The normalized spacial score (nSPS) is 19.1. The summed E-state index contributed by atoms with van der Waals surface area (Å²) in [6.45, 7) is 0. The van der Waals surface area contributed by atoms with Crippen LogP contribution in [-0.4, -0.2) is 53.8 Å². The summed E-state index contributed by atoms with van der Waals surface area (Å²) in [7, 11) is -6.19. The Labute approximate surface area is 224 Å². The molecule has 0 spiro atoms. The molecule has 1 unspecified atom stereocenters. The second-order valence-corrected chi connectivity index (χ2v) is 10.8. The van der Waals surface area contributed by atoms with E-state index in [9.17, 15) is 36.0 Å². The van der Waals surface area contributed by atoms with Gasteiger partial charge in [-0.3, -0.25) is 14.5 Å². The number of hydrogen-bond donors (Lipinski definition) is 1. The average molecular weight is 582 g/mol. The molecule has 2 atom stereocenters. The zero-order valence-corrected chi connectivity index (χ0v) is 21.3. The summed E-state index contributed by atoms with van der Waals surface area (Å²) < 4.78 is 72.8. The Morgan fingerprint density at radius 3 is 2.18 bits per heavy atom. The molecule has 0 aliphatic carbocycles. The first-order valence-electron chi connectivity index (χ1n) is 11.1. The summed E-state index contributed by atoms with van der Waals surface area (Å²) in [5.41, 5.74) is -5.66. The van der Waals surface area contributed by atoms with Gasteiger partial charge in [-0.05, 0) is 11.1 Å². The van der Waals surface area contributed by atoms with Gasteiger partial charge in [0.15, 0.2) is 17.6 Å². The van der Waals surface area contributed by atoms with Crippen molar-refractivity contribution >= 4 is 39.7 Å². The minimum absolute atomic E-state index is 0.487. The number of amides is 2. The van der Waals surface area contributed by atoms with Gasteiger partial charge in [-0.25, -0.2) is 4.79 Å². The van der Waals surface area contributed by atoms with Gasteiger partial charge in [0.25, 0.3) is 5.91 Å². The number of thioether (sulfide) groups is 1. The number of nitrogens with zero attached hydrogens (tertiary/aromatic N) is 2. The fraction of sp³-hybridized carbons (Fsp3) is 0.250. The van der Waals surface area contributed by atoms with Crippen LogP contribution in [-0.2, 0) is 33.4 Å². The highest BCUT2D eigenvalue weighted by Gasteiger charge is 2.57. The van der Waals surface area contributed by atoms with E-state index in [0.29, 0.717) is 11.1 Å². The topological polar surface area (TPSA) is 143 Å². The third-order valence-corrected chi connectivity index (χ3v) is 7.85. The lowest BCUT2D eigenvalue weighted by molar-refractivity contribution is -0.155. The van der Waals surface area contributed by atoms with Crippen LogP contribution in [0.5, 0.6) is 0 Å². The summed E-state index contributed by atoms with van der Waals surface area (Å²) >= 11 is 0.762. The summed E-state index contributed by atoms with van der Waals surface area (Å²) in [6.07, 6.45) is -1.64. The molecule has 2 aromatic carbocycles. The van der Waals surface area contributed by atoms with Crippen molar-refractivity contribution in [1.82, 2.24) is 10.2 Å². The minimum Gasteiger partial charge on any atom is -0.448 e. The lowest BCUT2D eigenvalue weighted by atomic mass is 10.0. The van der Waals surface area contributed by atoms with Crippen LogP contribution in [0.1, 0.15) is 23.7 Å². The largest absolute Gasteiger partial charge is 0.534 e. The number of hydrogen-bond acceptors (Lipinski definition) is 9. The van der Waals surface area contributed by atoms with Crippen LogP contribution in [0.15, 0.2) is 72.1 Å². The Hall–Kier alpha value is -4.03. The molecule has 0 aromatic heterocycles. The predicted octanol–water partition coefficient (Wildman–Crippen LogP) is 2.71. The van der Waals surface area contributed by atoms with Crippen LogP contribution < -0.4 is 5.32 Å². The molecule has 15 heteroatoms. The number of carbonyl (C=O) groups excluding carboxylic acids is 3. The third kappa shape index (κ3) is 5.71. The van der Waals surface area contributed by atoms with Crippen molar-refractivity contribution in [2.75, 3.05) is 5.75 Å². The van der Waals surface area contributed by atoms with Crippen LogP contribution in [0.4, 0.5) is 13.2 Å². The van der Waals surface area contributed by atoms with Gasteiger partial charge >= 0.3 is 21.6 Å². The first kappa shape index (κ1) is 28.0. The Morgan fingerprint density at radius 2 is 1.67 bits per heavy atom. The summed E-state index contributed by atoms with van der Waals surface area (Å²) in [5, 5.41) is 10.0. The van der Waals surface area contributed by atoms with E-state index in [-0.39, 0.29) is 0 Å². The van der Waals surface area contributed by atoms with Gasteiger partial charge in [0, 0.05) is 0 Å². The lowest BCUT2D eigenvalue weighted by Gasteiger charge is -2.49. The number of fused-ring (bicyclic) bond motifs is 1. The highest BCUT2D eigenvalue weighted by atomic mass is 32.2. The molecular weight excluding hydrogens is 563 g/mol. The van der Waals surface area contributed by atoms with Gasteiger partial charge in [-0.1, -0.05) is 60.7 Å². The molecule has 39 heavy (non-hydrogen) atoms. The van der Waals surface area contributed by atoms with E-state index in [1.165, 1.54) is 0 Å². The number of halogens is 3. The van der Waals surface area contributed by atoms with Crippen LogP contribution >= 0.6 is 11.8 Å². The van der Waals surface area contributed by atoms with E-state index >= 15 is 0 Å². The standard InChI is InChI=1S/C24H18F3N3O7S2/c25-24(26,27)39(34,35)37-16-13-38-22-18(29-17(31)11-12-28)21(32)30(22)19(16)23(33)36-20(14-7-3-1-4-8-14)15-9-5-2-6-10-15/h1-10,18,20,22H,11,13H2,(H,29,31)/t18?,22-/m1/s1. The predicted molar refractivity (Wildman–Crippen MR) is 129 cm³/mol.